The molecule has 0 atom stereocenters. The molecule has 0 aliphatic heterocycles. The quantitative estimate of drug-likeness (QED) is 0.694. The predicted molar refractivity (Wildman–Crippen MR) is 96.4 cm³/mol. The Morgan fingerprint density at radius 2 is 1.82 bits per heavy atom. The number of benzene rings is 2. The monoisotopic (exact) mass is 373 g/mol. The van der Waals surface area contributed by atoms with E-state index in [0.717, 1.165) is 16.5 Å². The maximum absolute atomic E-state index is 12.0. The van der Waals surface area contributed by atoms with Crippen molar-refractivity contribution in [3.05, 3.63) is 68.7 Å². The Morgan fingerprint density at radius 1 is 1.05 bits per heavy atom. The molecule has 0 spiro atoms. The molecule has 0 aliphatic rings. The van der Waals surface area contributed by atoms with Gasteiger partial charge in [-0.05, 0) is 35.9 Å². The lowest BCUT2D eigenvalue weighted by molar-refractivity contribution is 0.0956. The molecule has 2 aromatic rings. The SMILES string of the molecule is O=C(NCCSCc1cccc(Cl)c1)c1ccc(Cl)cc1Cl. The minimum Gasteiger partial charge on any atom is -0.351 e. The highest BCUT2D eigenvalue weighted by molar-refractivity contribution is 7.98. The standard InChI is InChI=1S/C16H14Cl3NOS/c17-12-3-1-2-11(8-12)10-22-7-6-20-16(21)14-5-4-13(18)9-15(14)19/h1-5,8-9H,6-7,10H2,(H,20,21). The lowest BCUT2D eigenvalue weighted by Crippen LogP contribution is -2.26. The molecule has 0 heterocycles. The Labute approximate surface area is 149 Å². The first-order chi connectivity index (χ1) is 10.6. The molecule has 0 saturated heterocycles. The van der Waals surface area contributed by atoms with E-state index in [1.807, 2.05) is 24.3 Å². The van der Waals surface area contributed by atoms with E-state index < -0.39 is 0 Å². The van der Waals surface area contributed by atoms with Crippen molar-refractivity contribution in [3.8, 4) is 0 Å². The van der Waals surface area contributed by atoms with Crippen LogP contribution < -0.4 is 5.32 Å². The molecule has 2 aromatic carbocycles. The highest BCUT2D eigenvalue weighted by Gasteiger charge is 2.09. The number of carbonyl (C=O) groups is 1. The second kappa shape index (κ2) is 8.68. The zero-order valence-corrected chi connectivity index (χ0v) is 14.7. The van der Waals surface area contributed by atoms with Crippen LogP contribution in [0.15, 0.2) is 42.5 Å². The normalized spacial score (nSPS) is 10.5. The van der Waals surface area contributed by atoms with Crippen LogP contribution in [0.1, 0.15) is 15.9 Å². The number of hydrogen-bond acceptors (Lipinski definition) is 2. The van der Waals surface area contributed by atoms with Crippen molar-refractivity contribution in [2.75, 3.05) is 12.3 Å². The van der Waals surface area contributed by atoms with E-state index in [1.165, 1.54) is 5.56 Å². The molecule has 0 unspecified atom stereocenters. The summed E-state index contributed by atoms with van der Waals surface area (Å²) in [4.78, 5) is 12.0. The predicted octanol–water partition coefficient (Wildman–Crippen LogP) is 5.31. The molecular formula is C16H14Cl3NOS. The minimum atomic E-state index is -0.190. The van der Waals surface area contributed by atoms with Crippen molar-refractivity contribution in [2.45, 2.75) is 5.75 Å². The van der Waals surface area contributed by atoms with Crippen LogP contribution in [0.5, 0.6) is 0 Å². The van der Waals surface area contributed by atoms with Gasteiger partial charge < -0.3 is 5.32 Å². The van der Waals surface area contributed by atoms with Crippen LogP contribution in [-0.2, 0) is 5.75 Å². The fourth-order valence-corrected chi connectivity index (χ4v) is 3.34. The average Bonchev–Trinajstić information content (AvgIpc) is 2.46. The number of nitrogens with one attached hydrogen (secondary N) is 1. The van der Waals surface area contributed by atoms with Crippen molar-refractivity contribution in [1.29, 1.82) is 0 Å². The summed E-state index contributed by atoms with van der Waals surface area (Å²) in [5, 5.41) is 4.45. The van der Waals surface area contributed by atoms with Gasteiger partial charge in [0.05, 0.1) is 10.6 Å². The van der Waals surface area contributed by atoms with E-state index in [4.69, 9.17) is 34.8 Å². The van der Waals surface area contributed by atoms with E-state index in [1.54, 1.807) is 30.0 Å². The molecule has 6 heteroatoms. The molecule has 22 heavy (non-hydrogen) atoms. The van der Waals surface area contributed by atoms with Gasteiger partial charge in [0.25, 0.3) is 5.91 Å². The Morgan fingerprint density at radius 3 is 2.55 bits per heavy atom. The first-order valence-electron chi connectivity index (χ1n) is 6.61. The number of rotatable bonds is 6. The Kier molecular flexibility index (Phi) is 6.90. The fourth-order valence-electron chi connectivity index (χ4n) is 1.82. The van der Waals surface area contributed by atoms with Crippen LogP contribution in [0.2, 0.25) is 15.1 Å². The number of hydrogen-bond donors (Lipinski definition) is 1. The van der Waals surface area contributed by atoms with Crippen molar-refractivity contribution < 1.29 is 4.79 Å². The molecule has 0 aromatic heterocycles. The third kappa shape index (κ3) is 5.40. The second-order valence-corrected chi connectivity index (χ2v) is 6.95. The van der Waals surface area contributed by atoms with Gasteiger partial charge in [0.1, 0.15) is 0 Å². The minimum absolute atomic E-state index is 0.190. The van der Waals surface area contributed by atoms with Gasteiger partial charge in [0.15, 0.2) is 0 Å². The zero-order chi connectivity index (χ0) is 15.9. The first-order valence-corrected chi connectivity index (χ1v) is 8.90. The summed E-state index contributed by atoms with van der Waals surface area (Å²) < 4.78 is 0. The van der Waals surface area contributed by atoms with E-state index in [-0.39, 0.29) is 5.91 Å². The van der Waals surface area contributed by atoms with E-state index in [0.29, 0.717) is 22.2 Å². The maximum Gasteiger partial charge on any atom is 0.252 e. The van der Waals surface area contributed by atoms with Crippen LogP contribution in [0, 0.1) is 0 Å². The van der Waals surface area contributed by atoms with Gasteiger partial charge in [-0.3, -0.25) is 4.79 Å². The lowest BCUT2D eigenvalue weighted by atomic mass is 10.2. The summed E-state index contributed by atoms with van der Waals surface area (Å²) in [6, 6.07) is 12.6. The van der Waals surface area contributed by atoms with Crippen molar-refractivity contribution in [3.63, 3.8) is 0 Å². The second-order valence-electron chi connectivity index (χ2n) is 4.56. The largest absolute Gasteiger partial charge is 0.351 e. The molecule has 0 bridgehead atoms. The fraction of sp³-hybridized carbons (Fsp3) is 0.188. The van der Waals surface area contributed by atoms with Gasteiger partial charge in [0.2, 0.25) is 0 Å². The van der Waals surface area contributed by atoms with Crippen LogP contribution in [0.4, 0.5) is 0 Å². The topological polar surface area (TPSA) is 29.1 Å². The van der Waals surface area contributed by atoms with Gasteiger partial charge in [-0.15, -0.1) is 0 Å². The van der Waals surface area contributed by atoms with Crippen molar-refractivity contribution >= 4 is 52.5 Å². The van der Waals surface area contributed by atoms with Crippen LogP contribution in [-0.4, -0.2) is 18.2 Å². The molecule has 0 saturated carbocycles. The van der Waals surface area contributed by atoms with Crippen LogP contribution >= 0.6 is 46.6 Å². The van der Waals surface area contributed by atoms with Crippen LogP contribution in [0.25, 0.3) is 0 Å². The molecule has 116 valence electrons. The number of halogens is 3. The highest BCUT2D eigenvalue weighted by Crippen LogP contribution is 2.21. The average molecular weight is 375 g/mol. The molecule has 1 N–H and O–H groups in total. The van der Waals surface area contributed by atoms with Gasteiger partial charge in [0, 0.05) is 28.1 Å². The smallest absolute Gasteiger partial charge is 0.252 e. The van der Waals surface area contributed by atoms with Crippen molar-refractivity contribution in [2.24, 2.45) is 0 Å². The van der Waals surface area contributed by atoms with Gasteiger partial charge in [-0.25, -0.2) is 0 Å². The highest BCUT2D eigenvalue weighted by atomic mass is 35.5. The summed E-state index contributed by atoms with van der Waals surface area (Å²) in [5.41, 5.74) is 1.61. The summed E-state index contributed by atoms with van der Waals surface area (Å²) in [6.45, 7) is 0.572. The van der Waals surface area contributed by atoms with Crippen LogP contribution in [0.3, 0.4) is 0 Å². The van der Waals surface area contributed by atoms with Crippen molar-refractivity contribution in [1.82, 2.24) is 5.32 Å². The molecule has 0 radical (unpaired) electrons. The summed E-state index contributed by atoms with van der Waals surface area (Å²) in [6.07, 6.45) is 0. The van der Waals surface area contributed by atoms with Gasteiger partial charge >= 0.3 is 0 Å². The number of amides is 1. The first kappa shape index (κ1) is 17.5. The number of thioether (sulfide) groups is 1. The molecule has 2 rings (SSSR count). The molecule has 0 aliphatic carbocycles. The molecular weight excluding hydrogens is 361 g/mol. The number of carbonyl (C=O) groups excluding carboxylic acids is 1. The van der Waals surface area contributed by atoms with E-state index >= 15 is 0 Å². The zero-order valence-electron chi connectivity index (χ0n) is 11.6. The summed E-state index contributed by atoms with van der Waals surface area (Å²) in [5.74, 6) is 1.48. The van der Waals surface area contributed by atoms with E-state index in [2.05, 4.69) is 5.32 Å². The third-order valence-corrected chi connectivity index (χ3v) is 4.68. The Hall–Kier alpha value is -0.870. The Bertz CT molecular complexity index is 664. The van der Waals surface area contributed by atoms with Gasteiger partial charge in [-0.1, -0.05) is 46.9 Å². The molecule has 1 amide bonds. The Balaban J connectivity index is 1.73. The summed E-state index contributed by atoms with van der Waals surface area (Å²) in [7, 11) is 0. The molecule has 0 fully saturated rings. The lowest BCUT2D eigenvalue weighted by Gasteiger charge is -2.07. The van der Waals surface area contributed by atoms with E-state index in [9.17, 15) is 4.79 Å². The summed E-state index contributed by atoms with van der Waals surface area (Å²) >= 11 is 19.5. The maximum atomic E-state index is 12.0. The van der Waals surface area contributed by atoms with Gasteiger partial charge in [-0.2, -0.15) is 11.8 Å². The molecule has 2 nitrogen and oxygen atoms in total. The third-order valence-electron chi connectivity index (χ3n) is 2.87.